The van der Waals surface area contributed by atoms with Crippen molar-refractivity contribution in [1.29, 1.82) is 0 Å². The van der Waals surface area contributed by atoms with Crippen LogP contribution in [0.5, 0.6) is 0 Å². The molecule has 2 rings (SSSR count). The Labute approximate surface area is 126 Å². The molecule has 0 spiro atoms. The van der Waals surface area contributed by atoms with E-state index in [-0.39, 0.29) is 12.5 Å². The minimum absolute atomic E-state index is 0.0399. The highest BCUT2D eigenvalue weighted by molar-refractivity contribution is 7.15. The molecule has 20 heavy (non-hydrogen) atoms. The van der Waals surface area contributed by atoms with Gasteiger partial charge in [-0.15, -0.1) is 11.3 Å². The molecule has 0 saturated heterocycles. The first kappa shape index (κ1) is 15.0. The van der Waals surface area contributed by atoms with Gasteiger partial charge in [-0.25, -0.2) is 4.98 Å². The highest BCUT2D eigenvalue weighted by atomic mass is 35.5. The van der Waals surface area contributed by atoms with Gasteiger partial charge in [-0.1, -0.05) is 18.5 Å². The number of rotatable bonds is 6. The van der Waals surface area contributed by atoms with Gasteiger partial charge >= 0.3 is 0 Å². The number of halogens is 1. The summed E-state index contributed by atoms with van der Waals surface area (Å²) in [7, 11) is 0. The van der Waals surface area contributed by atoms with Gasteiger partial charge in [0.05, 0.1) is 12.3 Å². The van der Waals surface area contributed by atoms with E-state index in [4.69, 9.17) is 16.7 Å². The third-order valence-corrected chi connectivity index (χ3v) is 3.85. The van der Waals surface area contributed by atoms with Crippen molar-refractivity contribution < 1.29 is 9.90 Å². The summed E-state index contributed by atoms with van der Waals surface area (Å²) in [5, 5.41) is 11.3. The quantitative estimate of drug-likeness (QED) is 0.832. The van der Waals surface area contributed by atoms with E-state index >= 15 is 0 Å². The number of thiazole rings is 1. The first-order chi connectivity index (χ1) is 9.67. The van der Waals surface area contributed by atoms with Crippen LogP contribution in [0.4, 0.5) is 0 Å². The van der Waals surface area contributed by atoms with Gasteiger partial charge in [-0.3, -0.25) is 9.20 Å². The molecule has 0 aliphatic heterocycles. The van der Waals surface area contributed by atoms with Gasteiger partial charge in [-0.2, -0.15) is 0 Å². The zero-order valence-electron chi connectivity index (χ0n) is 11.1. The molecule has 0 aromatic carbocycles. The number of carbonyl (C=O) groups is 1. The van der Waals surface area contributed by atoms with Crippen molar-refractivity contribution in [3.8, 4) is 0 Å². The molecule has 1 amide bonds. The largest absolute Gasteiger partial charge is 0.395 e. The third-order valence-electron chi connectivity index (χ3n) is 2.81. The van der Waals surface area contributed by atoms with Gasteiger partial charge in [0.1, 0.15) is 0 Å². The number of imidazole rings is 1. The lowest BCUT2D eigenvalue weighted by molar-refractivity contribution is -0.126. The fourth-order valence-corrected chi connectivity index (χ4v) is 2.91. The summed E-state index contributed by atoms with van der Waals surface area (Å²) in [5.74, 6) is -0.137. The van der Waals surface area contributed by atoms with Crippen LogP contribution in [0, 0.1) is 0 Å². The van der Waals surface area contributed by atoms with Crippen molar-refractivity contribution in [2.75, 3.05) is 19.7 Å². The molecule has 2 heterocycles. The van der Waals surface area contributed by atoms with Crippen molar-refractivity contribution in [2.24, 2.45) is 0 Å². The summed E-state index contributed by atoms with van der Waals surface area (Å²) in [4.78, 5) is 18.7. The Balaban J connectivity index is 2.17. The molecule has 5 nitrogen and oxygen atoms in total. The summed E-state index contributed by atoms with van der Waals surface area (Å²) < 4.78 is 1.84. The monoisotopic (exact) mass is 313 g/mol. The van der Waals surface area contributed by atoms with Crippen LogP contribution in [0.2, 0.25) is 5.15 Å². The minimum Gasteiger partial charge on any atom is -0.395 e. The number of fused-ring (bicyclic) bond motifs is 1. The van der Waals surface area contributed by atoms with Crippen molar-refractivity contribution in [3.63, 3.8) is 0 Å². The van der Waals surface area contributed by atoms with Crippen LogP contribution in [0.1, 0.15) is 19.0 Å². The Bertz CT molecular complexity index is 614. The lowest BCUT2D eigenvalue weighted by Crippen LogP contribution is -2.32. The van der Waals surface area contributed by atoms with Crippen LogP contribution in [-0.4, -0.2) is 45.0 Å². The summed E-state index contributed by atoms with van der Waals surface area (Å²) in [6.07, 6.45) is 5.85. The molecule has 108 valence electrons. The van der Waals surface area contributed by atoms with Crippen LogP contribution in [-0.2, 0) is 4.79 Å². The van der Waals surface area contributed by atoms with E-state index in [0.717, 1.165) is 11.4 Å². The molecule has 0 saturated carbocycles. The molecule has 0 aliphatic rings. The van der Waals surface area contributed by atoms with Gasteiger partial charge < -0.3 is 10.0 Å². The standard InChI is InChI=1S/C13H16ClN3O2S/c1-2-5-16(6-8-18)11(19)4-3-10-12(14)15-13-17(10)7-9-20-13/h3-4,7,9,18H,2,5-6,8H2,1H3/b4-3+. The first-order valence-electron chi connectivity index (χ1n) is 6.36. The Kier molecular flexibility index (Phi) is 5.17. The second kappa shape index (κ2) is 6.88. The Hall–Kier alpha value is -1.37. The normalized spacial score (nSPS) is 11.6. The van der Waals surface area contributed by atoms with Crippen molar-refractivity contribution in [2.45, 2.75) is 13.3 Å². The lowest BCUT2D eigenvalue weighted by atomic mass is 10.3. The van der Waals surface area contributed by atoms with Gasteiger partial charge in [0.25, 0.3) is 0 Å². The van der Waals surface area contributed by atoms with Crippen LogP contribution < -0.4 is 0 Å². The molecule has 1 N–H and O–H groups in total. The zero-order chi connectivity index (χ0) is 14.5. The average molecular weight is 314 g/mol. The summed E-state index contributed by atoms with van der Waals surface area (Å²) >= 11 is 7.54. The van der Waals surface area contributed by atoms with Crippen LogP contribution in [0.15, 0.2) is 17.7 Å². The highest BCUT2D eigenvalue weighted by Crippen LogP contribution is 2.22. The van der Waals surface area contributed by atoms with Crippen molar-refractivity contribution in [3.05, 3.63) is 28.5 Å². The molecule has 0 bridgehead atoms. The maximum Gasteiger partial charge on any atom is 0.246 e. The fourth-order valence-electron chi connectivity index (χ4n) is 1.90. The number of hydrogen-bond acceptors (Lipinski definition) is 4. The first-order valence-corrected chi connectivity index (χ1v) is 7.62. The third kappa shape index (κ3) is 3.20. The van der Waals surface area contributed by atoms with E-state index in [0.29, 0.717) is 23.9 Å². The number of nitrogens with zero attached hydrogens (tertiary/aromatic N) is 3. The van der Waals surface area contributed by atoms with E-state index in [2.05, 4.69) is 4.98 Å². The molecule has 0 aliphatic carbocycles. The Morgan fingerprint density at radius 3 is 3.10 bits per heavy atom. The molecule has 0 atom stereocenters. The predicted molar refractivity (Wildman–Crippen MR) is 81.1 cm³/mol. The molecule has 0 unspecified atom stereocenters. The maximum absolute atomic E-state index is 12.1. The topological polar surface area (TPSA) is 57.8 Å². The lowest BCUT2D eigenvalue weighted by Gasteiger charge is -2.18. The van der Waals surface area contributed by atoms with Crippen molar-refractivity contribution in [1.82, 2.24) is 14.3 Å². The zero-order valence-corrected chi connectivity index (χ0v) is 12.7. The molecular weight excluding hydrogens is 298 g/mol. The fraction of sp³-hybridized carbons (Fsp3) is 0.385. The van der Waals surface area contributed by atoms with Gasteiger partial charge in [0, 0.05) is 30.7 Å². The molecule has 0 fully saturated rings. The van der Waals surface area contributed by atoms with Gasteiger partial charge in [0.2, 0.25) is 5.91 Å². The number of amides is 1. The summed E-state index contributed by atoms with van der Waals surface area (Å²) in [6.45, 7) is 2.91. The molecule has 2 aromatic heterocycles. The summed E-state index contributed by atoms with van der Waals surface area (Å²) in [6, 6.07) is 0. The Morgan fingerprint density at radius 2 is 2.40 bits per heavy atom. The number of hydrogen-bond donors (Lipinski definition) is 1. The second-order valence-electron chi connectivity index (χ2n) is 4.23. The van der Waals surface area contributed by atoms with E-state index in [1.807, 2.05) is 22.9 Å². The predicted octanol–water partition coefficient (Wildman–Crippen LogP) is 2.29. The number of aliphatic hydroxyl groups is 1. The van der Waals surface area contributed by atoms with Crippen LogP contribution in [0.3, 0.4) is 0 Å². The Morgan fingerprint density at radius 1 is 1.60 bits per heavy atom. The second-order valence-corrected chi connectivity index (χ2v) is 5.46. The van der Waals surface area contributed by atoms with E-state index in [9.17, 15) is 4.79 Å². The molecule has 2 aromatic rings. The molecule has 7 heteroatoms. The highest BCUT2D eigenvalue weighted by Gasteiger charge is 2.11. The van der Waals surface area contributed by atoms with Crippen molar-refractivity contribution >= 4 is 39.9 Å². The van der Waals surface area contributed by atoms with E-state index in [1.165, 1.54) is 17.4 Å². The van der Waals surface area contributed by atoms with E-state index < -0.39 is 0 Å². The summed E-state index contributed by atoms with van der Waals surface area (Å²) in [5.41, 5.74) is 0.691. The minimum atomic E-state index is -0.137. The molecule has 0 radical (unpaired) electrons. The van der Waals surface area contributed by atoms with Gasteiger partial charge in [-0.05, 0) is 12.5 Å². The maximum atomic E-state index is 12.1. The number of aliphatic hydroxyl groups excluding tert-OH is 1. The SMILES string of the molecule is CCCN(CCO)C(=O)/C=C/c1c(Cl)nc2sccn12. The van der Waals surface area contributed by atoms with Gasteiger partial charge in [0.15, 0.2) is 10.1 Å². The smallest absolute Gasteiger partial charge is 0.246 e. The molecular formula is C13H16ClN3O2S. The number of aromatic nitrogens is 2. The average Bonchev–Trinajstić information content (AvgIpc) is 2.97. The van der Waals surface area contributed by atoms with E-state index in [1.54, 1.807) is 11.0 Å². The number of carbonyl (C=O) groups excluding carboxylic acids is 1. The van der Waals surface area contributed by atoms with Crippen LogP contribution >= 0.6 is 22.9 Å². The van der Waals surface area contributed by atoms with Crippen LogP contribution in [0.25, 0.3) is 11.0 Å².